The van der Waals surface area contributed by atoms with E-state index in [1.54, 1.807) is 0 Å². The quantitative estimate of drug-likeness (QED) is 0.883. The Balaban J connectivity index is 2.25. The third kappa shape index (κ3) is 3.66. The Kier molecular flexibility index (Phi) is 3.94. The molecule has 0 radical (unpaired) electrons. The van der Waals surface area contributed by atoms with E-state index in [2.05, 4.69) is 5.32 Å². The zero-order valence-electron chi connectivity index (χ0n) is 10.8. The predicted molar refractivity (Wildman–Crippen MR) is 69.7 cm³/mol. The first-order valence-corrected chi connectivity index (χ1v) is 7.84. The fourth-order valence-electron chi connectivity index (χ4n) is 1.70. The minimum atomic E-state index is -3.85. The maximum absolute atomic E-state index is 13.7. The Labute approximate surface area is 115 Å². The standard InChI is InChI=1S/C12H14F2N2O3S/c1-20(18,19)16(7-12(17)15-9-3-4-9)11-5-2-8(13)6-10(11)14/h2,5-6,9H,3-4,7H2,1H3,(H,15,17). The molecule has 0 saturated heterocycles. The van der Waals surface area contributed by atoms with Gasteiger partial charge in [-0.25, -0.2) is 17.2 Å². The van der Waals surface area contributed by atoms with Crippen LogP contribution in [0, 0.1) is 11.6 Å². The molecule has 1 saturated carbocycles. The van der Waals surface area contributed by atoms with Crippen molar-refractivity contribution in [3.63, 3.8) is 0 Å². The van der Waals surface area contributed by atoms with E-state index in [0.29, 0.717) is 10.4 Å². The zero-order chi connectivity index (χ0) is 14.9. The van der Waals surface area contributed by atoms with Crippen LogP contribution in [0.4, 0.5) is 14.5 Å². The van der Waals surface area contributed by atoms with E-state index >= 15 is 0 Å². The summed E-state index contributed by atoms with van der Waals surface area (Å²) in [5.74, 6) is -2.36. The highest BCUT2D eigenvalue weighted by Gasteiger charge is 2.28. The molecule has 1 aromatic carbocycles. The van der Waals surface area contributed by atoms with Crippen molar-refractivity contribution in [3.05, 3.63) is 29.8 Å². The number of carbonyl (C=O) groups is 1. The molecule has 0 aromatic heterocycles. The van der Waals surface area contributed by atoms with Crippen LogP contribution in [0.1, 0.15) is 12.8 Å². The van der Waals surface area contributed by atoms with E-state index in [-0.39, 0.29) is 11.7 Å². The van der Waals surface area contributed by atoms with Crippen molar-refractivity contribution in [1.82, 2.24) is 5.32 Å². The molecule has 1 N–H and O–H groups in total. The van der Waals surface area contributed by atoms with Gasteiger partial charge in [0.2, 0.25) is 15.9 Å². The second-order valence-electron chi connectivity index (χ2n) is 4.71. The molecule has 2 rings (SSSR count). The second-order valence-corrected chi connectivity index (χ2v) is 6.61. The number of benzene rings is 1. The summed E-state index contributed by atoms with van der Waals surface area (Å²) in [5.41, 5.74) is -0.347. The molecule has 1 amide bonds. The molecular formula is C12H14F2N2O3S. The second kappa shape index (κ2) is 5.35. The monoisotopic (exact) mass is 304 g/mol. The third-order valence-electron chi connectivity index (χ3n) is 2.81. The van der Waals surface area contributed by atoms with Crippen LogP contribution in [-0.4, -0.2) is 33.2 Å². The number of nitrogens with one attached hydrogen (secondary N) is 1. The van der Waals surface area contributed by atoms with Gasteiger partial charge in [-0.05, 0) is 25.0 Å². The molecule has 1 aliphatic carbocycles. The lowest BCUT2D eigenvalue weighted by Gasteiger charge is -2.22. The molecule has 1 aromatic rings. The highest BCUT2D eigenvalue weighted by atomic mass is 32.2. The third-order valence-corrected chi connectivity index (χ3v) is 3.93. The van der Waals surface area contributed by atoms with Crippen LogP contribution in [0.15, 0.2) is 18.2 Å². The first-order valence-electron chi connectivity index (χ1n) is 5.99. The number of sulfonamides is 1. The van der Waals surface area contributed by atoms with E-state index < -0.39 is 34.1 Å². The van der Waals surface area contributed by atoms with E-state index in [0.717, 1.165) is 31.2 Å². The van der Waals surface area contributed by atoms with E-state index in [1.165, 1.54) is 0 Å². The maximum Gasteiger partial charge on any atom is 0.240 e. The number of rotatable bonds is 5. The largest absolute Gasteiger partial charge is 0.352 e. The van der Waals surface area contributed by atoms with Crippen LogP contribution in [0.2, 0.25) is 0 Å². The van der Waals surface area contributed by atoms with Crippen molar-refractivity contribution >= 4 is 21.6 Å². The topological polar surface area (TPSA) is 66.5 Å². The summed E-state index contributed by atoms with van der Waals surface area (Å²) in [6.45, 7) is -0.530. The van der Waals surface area contributed by atoms with Gasteiger partial charge in [0.1, 0.15) is 18.2 Å². The minimum absolute atomic E-state index is 0.0713. The Morgan fingerprint density at radius 1 is 1.40 bits per heavy atom. The molecule has 110 valence electrons. The van der Waals surface area contributed by atoms with Crippen molar-refractivity contribution in [2.45, 2.75) is 18.9 Å². The van der Waals surface area contributed by atoms with Crippen LogP contribution in [0.3, 0.4) is 0 Å². The van der Waals surface area contributed by atoms with Crippen molar-refractivity contribution in [1.29, 1.82) is 0 Å². The number of hydrogen-bond donors (Lipinski definition) is 1. The summed E-state index contributed by atoms with van der Waals surface area (Å²) in [6, 6.07) is 2.58. The minimum Gasteiger partial charge on any atom is -0.352 e. The van der Waals surface area contributed by atoms with Gasteiger partial charge in [-0.2, -0.15) is 0 Å². The van der Waals surface area contributed by atoms with Crippen LogP contribution in [0.5, 0.6) is 0 Å². The van der Waals surface area contributed by atoms with Gasteiger partial charge < -0.3 is 5.32 Å². The molecule has 1 fully saturated rings. The van der Waals surface area contributed by atoms with Crippen molar-refractivity contribution < 1.29 is 22.0 Å². The number of halogens is 2. The lowest BCUT2D eigenvalue weighted by atomic mass is 10.3. The van der Waals surface area contributed by atoms with Crippen LogP contribution >= 0.6 is 0 Å². The Hall–Kier alpha value is -1.70. The summed E-state index contributed by atoms with van der Waals surface area (Å²) in [4.78, 5) is 11.7. The fraction of sp³-hybridized carbons (Fsp3) is 0.417. The zero-order valence-corrected chi connectivity index (χ0v) is 11.6. The normalized spacial score (nSPS) is 14.9. The van der Waals surface area contributed by atoms with Gasteiger partial charge in [-0.3, -0.25) is 9.10 Å². The first-order chi connectivity index (χ1) is 9.27. The molecule has 0 bridgehead atoms. The van der Waals surface area contributed by atoms with Gasteiger partial charge >= 0.3 is 0 Å². The van der Waals surface area contributed by atoms with E-state index in [4.69, 9.17) is 0 Å². The smallest absolute Gasteiger partial charge is 0.240 e. The molecule has 0 heterocycles. The molecular weight excluding hydrogens is 290 g/mol. The Bertz CT molecular complexity index is 630. The molecule has 8 heteroatoms. The Morgan fingerprint density at radius 3 is 2.55 bits per heavy atom. The van der Waals surface area contributed by atoms with Crippen LogP contribution < -0.4 is 9.62 Å². The van der Waals surface area contributed by atoms with Crippen molar-refractivity contribution in [3.8, 4) is 0 Å². The highest BCUT2D eigenvalue weighted by molar-refractivity contribution is 7.92. The average molecular weight is 304 g/mol. The Morgan fingerprint density at radius 2 is 2.05 bits per heavy atom. The lowest BCUT2D eigenvalue weighted by molar-refractivity contribution is -0.119. The van der Waals surface area contributed by atoms with Gasteiger partial charge in [0.25, 0.3) is 0 Å². The van der Waals surface area contributed by atoms with Gasteiger partial charge in [0.05, 0.1) is 11.9 Å². The number of hydrogen-bond acceptors (Lipinski definition) is 3. The number of anilines is 1. The molecule has 1 aliphatic rings. The average Bonchev–Trinajstić information content (AvgIpc) is 3.09. The van der Waals surface area contributed by atoms with Crippen molar-refractivity contribution in [2.75, 3.05) is 17.1 Å². The first kappa shape index (κ1) is 14.7. The molecule has 20 heavy (non-hydrogen) atoms. The molecule has 0 atom stereocenters. The van der Waals surface area contributed by atoms with Gasteiger partial charge in [0, 0.05) is 12.1 Å². The van der Waals surface area contributed by atoms with Gasteiger partial charge in [0.15, 0.2) is 0 Å². The number of nitrogens with zero attached hydrogens (tertiary/aromatic N) is 1. The van der Waals surface area contributed by atoms with Gasteiger partial charge in [-0.1, -0.05) is 0 Å². The predicted octanol–water partition coefficient (Wildman–Crippen LogP) is 1.01. The summed E-state index contributed by atoms with van der Waals surface area (Å²) < 4.78 is 50.5. The number of amides is 1. The number of carbonyl (C=O) groups excluding carboxylic acids is 1. The van der Waals surface area contributed by atoms with Crippen LogP contribution in [0.25, 0.3) is 0 Å². The molecule has 0 aliphatic heterocycles. The van der Waals surface area contributed by atoms with E-state index in [1.807, 2.05) is 0 Å². The highest BCUT2D eigenvalue weighted by Crippen LogP contribution is 2.23. The summed E-state index contributed by atoms with van der Waals surface area (Å²) in [6.07, 6.45) is 2.57. The van der Waals surface area contributed by atoms with Crippen LogP contribution in [-0.2, 0) is 14.8 Å². The lowest BCUT2D eigenvalue weighted by Crippen LogP contribution is -2.41. The van der Waals surface area contributed by atoms with Crippen molar-refractivity contribution in [2.24, 2.45) is 0 Å². The SMILES string of the molecule is CS(=O)(=O)N(CC(=O)NC1CC1)c1ccc(F)cc1F. The maximum atomic E-state index is 13.7. The van der Waals surface area contributed by atoms with Gasteiger partial charge in [-0.15, -0.1) is 0 Å². The molecule has 5 nitrogen and oxygen atoms in total. The summed E-state index contributed by atoms with van der Waals surface area (Å²) in [7, 11) is -3.85. The summed E-state index contributed by atoms with van der Waals surface area (Å²) >= 11 is 0. The summed E-state index contributed by atoms with van der Waals surface area (Å²) in [5, 5.41) is 2.62. The molecule has 0 unspecified atom stereocenters. The fourth-order valence-corrected chi connectivity index (χ4v) is 2.55. The van der Waals surface area contributed by atoms with E-state index in [9.17, 15) is 22.0 Å². The molecule has 0 spiro atoms.